The SMILES string of the molecule is C[C@H](OC(=O)/C=C/c1nc2ccccc2o1)C(=O)Nc1cccc(F)c1. The van der Waals surface area contributed by atoms with Crippen LogP contribution >= 0.6 is 0 Å². The summed E-state index contributed by atoms with van der Waals surface area (Å²) in [6, 6.07) is 12.6. The fraction of sp³-hybridized carbons (Fsp3) is 0.105. The number of fused-ring (bicyclic) bond motifs is 1. The smallest absolute Gasteiger partial charge is 0.331 e. The first-order valence-corrected chi connectivity index (χ1v) is 7.82. The maximum atomic E-state index is 13.1. The van der Waals surface area contributed by atoms with Crippen molar-refractivity contribution in [2.75, 3.05) is 5.32 Å². The van der Waals surface area contributed by atoms with Crippen LogP contribution in [0.2, 0.25) is 0 Å². The number of aromatic nitrogens is 1. The Kier molecular flexibility index (Phi) is 5.07. The first-order valence-electron chi connectivity index (χ1n) is 7.82. The molecule has 3 rings (SSSR count). The van der Waals surface area contributed by atoms with Crippen LogP contribution in [0.1, 0.15) is 12.8 Å². The summed E-state index contributed by atoms with van der Waals surface area (Å²) in [4.78, 5) is 28.0. The number of carbonyl (C=O) groups excluding carboxylic acids is 2. The highest BCUT2D eigenvalue weighted by molar-refractivity contribution is 5.96. The van der Waals surface area contributed by atoms with E-state index in [1.165, 1.54) is 37.3 Å². The molecule has 1 N–H and O–H groups in total. The molecule has 0 fully saturated rings. The van der Waals surface area contributed by atoms with Crippen LogP contribution in [0.25, 0.3) is 17.2 Å². The van der Waals surface area contributed by atoms with Crippen LogP contribution in [0.4, 0.5) is 10.1 Å². The largest absolute Gasteiger partial charge is 0.449 e. The van der Waals surface area contributed by atoms with Gasteiger partial charge >= 0.3 is 5.97 Å². The zero-order valence-corrected chi connectivity index (χ0v) is 13.8. The van der Waals surface area contributed by atoms with Crippen LogP contribution in [0.15, 0.2) is 59.0 Å². The van der Waals surface area contributed by atoms with E-state index in [1.54, 1.807) is 12.1 Å². The first kappa shape index (κ1) is 17.3. The minimum absolute atomic E-state index is 0.250. The lowest BCUT2D eigenvalue weighted by atomic mass is 10.3. The number of rotatable bonds is 5. The number of amides is 1. The van der Waals surface area contributed by atoms with Crippen LogP contribution in [0, 0.1) is 5.82 Å². The average molecular weight is 354 g/mol. The number of anilines is 1. The maximum absolute atomic E-state index is 13.1. The van der Waals surface area contributed by atoms with Crippen molar-refractivity contribution < 1.29 is 23.1 Å². The van der Waals surface area contributed by atoms with E-state index in [9.17, 15) is 14.0 Å². The molecule has 0 aliphatic carbocycles. The Morgan fingerprint density at radius 2 is 2.04 bits per heavy atom. The molecule has 2 aromatic carbocycles. The van der Waals surface area contributed by atoms with Crippen LogP contribution < -0.4 is 5.32 Å². The molecular formula is C19H15FN2O4. The quantitative estimate of drug-likeness (QED) is 0.560. The van der Waals surface area contributed by atoms with E-state index in [-0.39, 0.29) is 11.6 Å². The first-order chi connectivity index (χ1) is 12.5. The summed E-state index contributed by atoms with van der Waals surface area (Å²) in [5, 5.41) is 2.47. The highest BCUT2D eigenvalue weighted by Gasteiger charge is 2.17. The molecule has 0 aliphatic rings. The summed E-state index contributed by atoms with van der Waals surface area (Å²) >= 11 is 0. The van der Waals surface area contributed by atoms with Gasteiger partial charge in [-0.25, -0.2) is 14.2 Å². The Bertz CT molecular complexity index is 947. The zero-order valence-electron chi connectivity index (χ0n) is 13.8. The summed E-state index contributed by atoms with van der Waals surface area (Å²) < 4.78 is 23.6. The van der Waals surface area contributed by atoms with Gasteiger partial charge in [-0.05, 0) is 37.3 Å². The van der Waals surface area contributed by atoms with Crippen molar-refractivity contribution in [1.82, 2.24) is 4.98 Å². The van der Waals surface area contributed by atoms with Crippen molar-refractivity contribution in [1.29, 1.82) is 0 Å². The summed E-state index contributed by atoms with van der Waals surface area (Å²) in [6.07, 6.45) is 1.43. The van der Waals surface area contributed by atoms with Crippen molar-refractivity contribution in [2.24, 2.45) is 0 Å². The standard InChI is InChI=1S/C19H15FN2O4/c1-12(19(24)21-14-6-4-5-13(20)11-14)25-18(23)10-9-17-22-15-7-2-3-8-16(15)26-17/h2-12H,1H3,(H,21,24)/b10-9+/t12-/m0/s1. The van der Waals surface area contributed by atoms with Crippen molar-refractivity contribution in [2.45, 2.75) is 13.0 Å². The second-order valence-electron chi connectivity index (χ2n) is 5.43. The number of nitrogens with zero attached hydrogens (tertiary/aromatic N) is 1. The molecular weight excluding hydrogens is 339 g/mol. The Balaban J connectivity index is 1.57. The molecule has 1 amide bonds. The van der Waals surface area contributed by atoms with E-state index in [1.807, 2.05) is 12.1 Å². The second kappa shape index (κ2) is 7.60. The van der Waals surface area contributed by atoms with Gasteiger partial charge in [0.2, 0.25) is 5.89 Å². The molecule has 0 saturated carbocycles. The number of oxazole rings is 1. The molecule has 1 atom stereocenters. The molecule has 7 heteroatoms. The third-order valence-electron chi connectivity index (χ3n) is 3.43. The lowest BCUT2D eigenvalue weighted by Gasteiger charge is -2.12. The Morgan fingerprint density at radius 3 is 2.81 bits per heavy atom. The number of halogens is 1. The molecule has 26 heavy (non-hydrogen) atoms. The second-order valence-corrected chi connectivity index (χ2v) is 5.43. The van der Waals surface area contributed by atoms with Crippen LogP contribution in [0.5, 0.6) is 0 Å². The monoisotopic (exact) mass is 354 g/mol. The number of carbonyl (C=O) groups is 2. The van der Waals surface area contributed by atoms with Gasteiger partial charge in [0.05, 0.1) is 0 Å². The fourth-order valence-electron chi connectivity index (χ4n) is 2.18. The Labute approximate surface area is 148 Å². The Morgan fingerprint density at radius 1 is 1.23 bits per heavy atom. The molecule has 0 aliphatic heterocycles. The van der Waals surface area contributed by atoms with E-state index in [0.29, 0.717) is 11.1 Å². The molecule has 0 saturated heterocycles. The normalized spacial score (nSPS) is 12.2. The van der Waals surface area contributed by atoms with Crippen molar-refractivity contribution in [3.05, 3.63) is 66.3 Å². The lowest BCUT2D eigenvalue weighted by molar-refractivity contribution is -0.148. The third-order valence-corrected chi connectivity index (χ3v) is 3.43. The highest BCUT2D eigenvalue weighted by Crippen LogP contribution is 2.15. The van der Waals surface area contributed by atoms with Crippen molar-refractivity contribution in [3.8, 4) is 0 Å². The van der Waals surface area contributed by atoms with Gasteiger partial charge in [-0.2, -0.15) is 0 Å². The van der Waals surface area contributed by atoms with Crippen LogP contribution in [-0.2, 0) is 14.3 Å². The Hall–Kier alpha value is -3.48. The van der Waals surface area contributed by atoms with Gasteiger partial charge < -0.3 is 14.5 Å². The van der Waals surface area contributed by atoms with E-state index in [4.69, 9.17) is 9.15 Å². The molecule has 0 spiro atoms. The molecule has 1 aromatic heterocycles. The summed E-state index contributed by atoms with van der Waals surface area (Å²) in [5.74, 6) is -1.53. The number of esters is 1. The zero-order chi connectivity index (χ0) is 18.5. The molecule has 0 unspecified atom stereocenters. The molecule has 0 radical (unpaired) electrons. The molecule has 3 aromatic rings. The van der Waals surface area contributed by atoms with E-state index >= 15 is 0 Å². The number of hydrogen-bond acceptors (Lipinski definition) is 5. The minimum atomic E-state index is -1.06. The number of benzene rings is 2. The lowest BCUT2D eigenvalue weighted by Crippen LogP contribution is -2.29. The highest BCUT2D eigenvalue weighted by atomic mass is 19.1. The van der Waals surface area contributed by atoms with Crippen LogP contribution in [0.3, 0.4) is 0 Å². The average Bonchev–Trinajstić information content (AvgIpc) is 3.03. The van der Waals surface area contributed by atoms with Gasteiger partial charge in [-0.3, -0.25) is 4.79 Å². The molecule has 0 bridgehead atoms. The predicted octanol–water partition coefficient (Wildman–Crippen LogP) is 3.55. The minimum Gasteiger partial charge on any atom is -0.449 e. The van der Waals surface area contributed by atoms with Crippen LogP contribution in [-0.4, -0.2) is 23.0 Å². The van der Waals surface area contributed by atoms with Crippen molar-refractivity contribution in [3.63, 3.8) is 0 Å². The number of hydrogen-bond donors (Lipinski definition) is 1. The topological polar surface area (TPSA) is 81.4 Å². The predicted molar refractivity (Wildman–Crippen MR) is 93.6 cm³/mol. The molecule has 6 nitrogen and oxygen atoms in total. The van der Waals surface area contributed by atoms with E-state index in [2.05, 4.69) is 10.3 Å². The third kappa shape index (κ3) is 4.32. The van der Waals surface area contributed by atoms with E-state index in [0.717, 1.165) is 6.08 Å². The summed E-state index contributed by atoms with van der Waals surface area (Å²) in [6.45, 7) is 1.42. The number of ether oxygens (including phenoxy) is 1. The van der Waals surface area contributed by atoms with Gasteiger partial charge in [-0.1, -0.05) is 18.2 Å². The van der Waals surface area contributed by atoms with Gasteiger partial charge in [0.15, 0.2) is 11.7 Å². The van der Waals surface area contributed by atoms with E-state index < -0.39 is 23.8 Å². The van der Waals surface area contributed by atoms with Crippen molar-refractivity contribution >= 4 is 34.7 Å². The fourth-order valence-corrected chi connectivity index (χ4v) is 2.18. The number of nitrogens with one attached hydrogen (secondary N) is 1. The summed E-state index contributed by atoms with van der Waals surface area (Å²) in [7, 11) is 0. The summed E-state index contributed by atoms with van der Waals surface area (Å²) in [5.41, 5.74) is 1.55. The molecule has 1 heterocycles. The molecule has 132 valence electrons. The van der Waals surface area contributed by atoms with Gasteiger partial charge in [0, 0.05) is 17.8 Å². The number of para-hydroxylation sites is 2. The maximum Gasteiger partial charge on any atom is 0.331 e. The van der Waals surface area contributed by atoms with Gasteiger partial charge in [-0.15, -0.1) is 0 Å². The van der Waals surface area contributed by atoms with Gasteiger partial charge in [0.25, 0.3) is 5.91 Å². The van der Waals surface area contributed by atoms with Gasteiger partial charge in [0.1, 0.15) is 11.3 Å².